The first kappa shape index (κ1) is 14.1. The average Bonchev–Trinajstić information content (AvgIpc) is 2.17. The number of rotatable bonds is 7. The van der Waals surface area contributed by atoms with E-state index in [0.717, 1.165) is 5.57 Å². The summed E-state index contributed by atoms with van der Waals surface area (Å²) >= 11 is 0. The second-order valence-corrected chi connectivity index (χ2v) is 2.88. The van der Waals surface area contributed by atoms with Crippen molar-refractivity contribution in [2.24, 2.45) is 0 Å². The van der Waals surface area contributed by atoms with Gasteiger partial charge in [0.05, 0.1) is 6.61 Å². The third-order valence-corrected chi connectivity index (χ3v) is 1.64. The van der Waals surface area contributed by atoms with Crippen molar-refractivity contribution in [3.8, 4) is 0 Å². The standard InChI is InChI=1S/C11H20O4/c1-5-13-10(12)8-9(4)11(14-6-2)15-7-3/h8,11H,5-7H2,1-4H3/b9-8+. The van der Waals surface area contributed by atoms with Crippen LogP contribution in [0.15, 0.2) is 11.6 Å². The molecule has 0 aromatic rings. The summed E-state index contributed by atoms with van der Waals surface area (Å²) in [6.45, 7) is 8.76. The van der Waals surface area contributed by atoms with Crippen LogP contribution in [0.3, 0.4) is 0 Å². The van der Waals surface area contributed by atoms with Crippen molar-refractivity contribution < 1.29 is 19.0 Å². The lowest BCUT2D eigenvalue weighted by Gasteiger charge is -2.17. The van der Waals surface area contributed by atoms with E-state index in [-0.39, 0.29) is 5.97 Å². The molecule has 0 aliphatic heterocycles. The largest absolute Gasteiger partial charge is 0.463 e. The van der Waals surface area contributed by atoms with Crippen molar-refractivity contribution in [2.75, 3.05) is 19.8 Å². The number of esters is 1. The second-order valence-electron chi connectivity index (χ2n) is 2.88. The first-order valence-corrected chi connectivity index (χ1v) is 5.23. The molecule has 4 nitrogen and oxygen atoms in total. The van der Waals surface area contributed by atoms with Gasteiger partial charge >= 0.3 is 5.97 Å². The number of ether oxygens (including phenoxy) is 3. The minimum atomic E-state index is -0.454. The van der Waals surface area contributed by atoms with Crippen LogP contribution in [0.2, 0.25) is 0 Å². The van der Waals surface area contributed by atoms with Gasteiger partial charge in [-0.25, -0.2) is 4.79 Å². The second kappa shape index (κ2) is 8.44. The molecule has 0 unspecified atom stereocenters. The molecule has 0 bridgehead atoms. The monoisotopic (exact) mass is 216 g/mol. The Kier molecular flexibility index (Phi) is 7.95. The molecule has 0 saturated heterocycles. The molecule has 0 spiro atoms. The fourth-order valence-corrected chi connectivity index (χ4v) is 1.05. The van der Waals surface area contributed by atoms with Gasteiger partial charge in [0.25, 0.3) is 0 Å². The van der Waals surface area contributed by atoms with Crippen LogP contribution in [-0.4, -0.2) is 32.1 Å². The van der Waals surface area contributed by atoms with Crippen molar-refractivity contribution in [1.29, 1.82) is 0 Å². The molecule has 0 amide bonds. The summed E-state index contributed by atoms with van der Waals surface area (Å²) in [4.78, 5) is 11.2. The normalized spacial score (nSPS) is 11.9. The first-order valence-electron chi connectivity index (χ1n) is 5.23. The fourth-order valence-electron chi connectivity index (χ4n) is 1.05. The van der Waals surface area contributed by atoms with E-state index in [0.29, 0.717) is 19.8 Å². The number of carbonyl (C=O) groups is 1. The lowest BCUT2D eigenvalue weighted by Crippen LogP contribution is -2.19. The van der Waals surface area contributed by atoms with Gasteiger partial charge in [-0.05, 0) is 33.3 Å². The zero-order chi connectivity index (χ0) is 11.7. The molecule has 0 heterocycles. The van der Waals surface area contributed by atoms with E-state index in [1.54, 1.807) is 13.8 Å². The molecular formula is C11H20O4. The van der Waals surface area contributed by atoms with Crippen molar-refractivity contribution in [1.82, 2.24) is 0 Å². The van der Waals surface area contributed by atoms with E-state index in [4.69, 9.17) is 14.2 Å². The Morgan fingerprint density at radius 1 is 1.13 bits per heavy atom. The van der Waals surface area contributed by atoms with Gasteiger partial charge in [0.15, 0.2) is 6.29 Å². The molecule has 0 aromatic heterocycles. The van der Waals surface area contributed by atoms with Gasteiger partial charge in [-0.3, -0.25) is 0 Å². The van der Waals surface area contributed by atoms with Crippen molar-refractivity contribution in [3.05, 3.63) is 11.6 Å². The Labute approximate surface area is 91.2 Å². The maximum absolute atomic E-state index is 11.2. The highest BCUT2D eigenvalue weighted by Gasteiger charge is 2.11. The summed E-state index contributed by atoms with van der Waals surface area (Å²) in [6.07, 6.45) is 0.948. The third kappa shape index (κ3) is 6.25. The number of hydrogen-bond acceptors (Lipinski definition) is 4. The Balaban J connectivity index is 4.32. The van der Waals surface area contributed by atoms with Gasteiger partial charge in [-0.2, -0.15) is 0 Å². The topological polar surface area (TPSA) is 44.8 Å². The molecule has 4 heteroatoms. The summed E-state index contributed by atoms with van der Waals surface area (Å²) in [5.41, 5.74) is 0.720. The summed E-state index contributed by atoms with van der Waals surface area (Å²) in [5.74, 6) is -0.362. The van der Waals surface area contributed by atoms with Crippen LogP contribution in [0.25, 0.3) is 0 Å². The lowest BCUT2D eigenvalue weighted by molar-refractivity contribution is -0.138. The van der Waals surface area contributed by atoms with E-state index in [1.807, 2.05) is 13.8 Å². The summed E-state index contributed by atoms with van der Waals surface area (Å²) in [6, 6.07) is 0. The van der Waals surface area contributed by atoms with Crippen LogP contribution >= 0.6 is 0 Å². The molecule has 0 aliphatic rings. The van der Waals surface area contributed by atoms with Crippen molar-refractivity contribution >= 4 is 5.97 Å². The predicted molar refractivity (Wildman–Crippen MR) is 57.4 cm³/mol. The molecule has 0 fully saturated rings. The average molecular weight is 216 g/mol. The van der Waals surface area contributed by atoms with E-state index in [2.05, 4.69) is 0 Å². The zero-order valence-corrected chi connectivity index (χ0v) is 9.91. The van der Waals surface area contributed by atoms with Gasteiger partial charge < -0.3 is 14.2 Å². The van der Waals surface area contributed by atoms with E-state index in [1.165, 1.54) is 6.08 Å². The first-order chi connectivity index (χ1) is 7.15. The van der Waals surface area contributed by atoms with E-state index < -0.39 is 6.29 Å². The van der Waals surface area contributed by atoms with E-state index >= 15 is 0 Å². The van der Waals surface area contributed by atoms with Crippen LogP contribution in [0.5, 0.6) is 0 Å². The van der Waals surface area contributed by atoms with Gasteiger partial charge in [0.1, 0.15) is 0 Å². The predicted octanol–water partition coefficient (Wildman–Crippen LogP) is 1.89. The molecule has 0 atom stereocenters. The maximum Gasteiger partial charge on any atom is 0.330 e. The van der Waals surface area contributed by atoms with Crippen LogP contribution in [0.1, 0.15) is 27.7 Å². The van der Waals surface area contributed by atoms with Crippen molar-refractivity contribution in [2.45, 2.75) is 34.0 Å². The molecule has 0 rings (SSSR count). The highest BCUT2D eigenvalue weighted by atomic mass is 16.7. The molecule has 0 saturated carbocycles. The lowest BCUT2D eigenvalue weighted by atomic mass is 10.2. The van der Waals surface area contributed by atoms with Gasteiger partial charge in [-0.1, -0.05) is 0 Å². The third-order valence-electron chi connectivity index (χ3n) is 1.64. The van der Waals surface area contributed by atoms with E-state index in [9.17, 15) is 4.79 Å². The Morgan fingerprint density at radius 2 is 1.67 bits per heavy atom. The summed E-state index contributed by atoms with van der Waals surface area (Å²) in [7, 11) is 0. The van der Waals surface area contributed by atoms with Crippen molar-refractivity contribution in [3.63, 3.8) is 0 Å². The highest BCUT2D eigenvalue weighted by molar-refractivity contribution is 5.82. The molecule has 88 valence electrons. The smallest absolute Gasteiger partial charge is 0.330 e. The summed E-state index contributed by atoms with van der Waals surface area (Å²) < 4.78 is 15.4. The van der Waals surface area contributed by atoms with Gasteiger partial charge in [0.2, 0.25) is 0 Å². The number of hydrogen-bond donors (Lipinski definition) is 0. The quantitative estimate of drug-likeness (QED) is 0.370. The Hall–Kier alpha value is -0.870. The molecular weight excluding hydrogens is 196 g/mol. The highest BCUT2D eigenvalue weighted by Crippen LogP contribution is 2.08. The number of carbonyl (C=O) groups excluding carboxylic acids is 1. The molecule has 15 heavy (non-hydrogen) atoms. The molecule has 0 radical (unpaired) electrons. The molecule has 0 aliphatic carbocycles. The Bertz CT molecular complexity index is 205. The summed E-state index contributed by atoms with van der Waals surface area (Å²) in [5, 5.41) is 0. The van der Waals surface area contributed by atoms with Crippen LogP contribution in [0, 0.1) is 0 Å². The minimum Gasteiger partial charge on any atom is -0.463 e. The maximum atomic E-state index is 11.2. The van der Waals surface area contributed by atoms with Crippen LogP contribution < -0.4 is 0 Å². The zero-order valence-electron chi connectivity index (χ0n) is 9.91. The van der Waals surface area contributed by atoms with Gasteiger partial charge in [0, 0.05) is 19.3 Å². The van der Waals surface area contributed by atoms with Gasteiger partial charge in [-0.15, -0.1) is 0 Å². The molecule has 0 N–H and O–H groups in total. The molecule has 0 aromatic carbocycles. The minimum absolute atomic E-state index is 0.362. The van der Waals surface area contributed by atoms with Crippen LogP contribution in [0.4, 0.5) is 0 Å². The fraction of sp³-hybridized carbons (Fsp3) is 0.727. The van der Waals surface area contributed by atoms with Crippen LogP contribution in [-0.2, 0) is 19.0 Å². The Morgan fingerprint density at radius 3 is 2.07 bits per heavy atom. The SMILES string of the molecule is CCOC(=O)/C=C(\C)C(OCC)OCC.